The van der Waals surface area contributed by atoms with E-state index < -0.39 is 16.0 Å². The molecular weight excluding hydrogens is 316 g/mol. The van der Waals surface area contributed by atoms with Gasteiger partial charge in [-0.05, 0) is 30.6 Å². The van der Waals surface area contributed by atoms with Gasteiger partial charge in [-0.1, -0.05) is 6.07 Å². The van der Waals surface area contributed by atoms with Crippen LogP contribution in [0.15, 0.2) is 29.2 Å². The molecule has 0 spiro atoms. The monoisotopic (exact) mass is 328 g/mol. The molecule has 0 amide bonds. The van der Waals surface area contributed by atoms with Gasteiger partial charge in [0.05, 0.1) is 17.7 Å². The Labute approximate surface area is 125 Å². The van der Waals surface area contributed by atoms with Crippen molar-refractivity contribution in [3.63, 3.8) is 0 Å². The molecule has 1 aromatic heterocycles. The Morgan fingerprint density at radius 1 is 1.43 bits per heavy atom. The van der Waals surface area contributed by atoms with Crippen molar-refractivity contribution in [3.05, 3.63) is 35.5 Å². The van der Waals surface area contributed by atoms with E-state index in [9.17, 15) is 13.2 Å². The first kappa shape index (κ1) is 15.3. The quantitative estimate of drug-likeness (QED) is 0.869. The number of nitrogens with zero attached hydrogens (tertiary/aromatic N) is 1. The first-order valence-corrected chi connectivity index (χ1v) is 7.97. The predicted octanol–water partition coefficient (Wildman–Crippen LogP) is 1.96. The summed E-state index contributed by atoms with van der Waals surface area (Å²) in [6.07, 6.45) is 0. The van der Waals surface area contributed by atoms with Gasteiger partial charge >= 0.3 is 5.97 Å². The molecule has 0 saturated heterocycles. The minimum Gasteiger partial charge on any atom is -0.497 e. The number of benzene rings is 1. The summed E-state index contributed by atoms with van der Waals surface area (Å²) >= 11 is 0.784. The van der Waals surface area contributed by atoms with E-state index in [2.05, 4.69) is 9.10 Å². The second-order valence-electron chi connectivity index (χ2n) is 4.06. The number of methoxy groups -OCH3 is 1. The Morgan fingerprint density at radius 3 is 2.76 bits per heavy atom. The number of ether oxygens (including phenoxy) is 1. The number of rotatable bonds is 5. The molecule has 0 aliphatic rings. The fourth-order valence-electron chi connectivity index (χ4n) is 1.64. The first-order chi connectivity index (χ1) is 9.85. The number of hydrogen-bond donors (Lipinski definition) is 2. The molecule has 0 fully saturated rings. The highest BCUT2D eigenvalue weighted by molar-refractivity contribution is 7.93. The predicted molar refractivity (Wildman–Crippen MR) is 77.6 cm³/mol. The molecule has 0 aliphatic carbocycles. The second-order valence-corrected chi connectivity index (χ2v) is 6.52. The normalized spacial score (nSPS) is 11.1. The molecule has 7 nitrogen and oxygen atoms in total. The summed E-state index contributed by atoms with van der Waals surface area (Å²) in [5.41, 5.74) is 0.113. The minimum absolute atomic E-state index is 0.0239. The van der Waals surface area contributed by atoms with Crippen molar-refractivity contribution in [1.82, 2.24) is 4.37 Å². The van der Waals surface area contributed by atoms with Crippen LogP contribution in [0.4, 0.5) is 5.00 Å². The standard InChI is InChI=1S/C12H12N2O5S2/c1-7-10(12(15)16)11(20-13-7)14-21(17,18)9-5-3-4-8(6-9)19-2/h3-6,14H,1-2H3,(H,15,16). The number of anilines is 1. The zero-order valence-electron chi connectivity index (χ0n) is 11.2. The van der Waals surface area contributed by atoms with Crippen LogP contribution < -0.4 is 9.46 Å². The molecule has 9 heteroatoms. The minimum atomic E-state index is -3.91. The lowest BCUT2D eigenvalue weighted by Gasteiger charge is -2.08. The van der Waals surface area contributed by atoms with Crippen molar-refractivity contribution in [2.75, 3.05) is 11.8 Å². The largest absolute Gasteiger partial charge is 0.497 e. The first-order valence-electron chi connectivity index (χ1n) is 5.71. The Hall–Kier alpha value is -2.13. The van der Waals surface area contributed by atoms with E-state index in [1.807, 2.05) is 0 Å². The molecule has 0 saturated carbocycles. The number of carbonyl (C=O) groups is 1. The number of aromatic carboxylic acids is 1. The maximum atomic E-state index is 12.3. The molecule has 0 unspecified atom stereocenters. The van der Waals surface area contributed by atoms with Gasteiger partial charge < -0.3 is 9.84 Å². The van der Waals surface area contributed by atoms with Gasteiger partial charge in [-0.15, -0.1) is 0 Å². The highest BCUT2D eigenvalue weighted by Crippen LogP contribution is 2.28. The summed E-state index contributed by atoms with van der Waals surface area (Å²) in [6, 6.07) is 5.87. The summed E-state index contributed by atoms with van der Waals surface area (Å²) in [5, 5.41) is 9.07. The molecule has 1 heterocycles. The van der Waals surface area contributed by atoms with Crippen LogP contribution in [0.25, 0.3) is 0 Å². The molecule has 2 aromatic rings. The molecule has 2 rings (SSSR count). The van der Waals surface area contributed by atoms with Crippen LogP contribution in [-0.2, 0) is 10.0 Å². The van der Waals surface area contributed by atoms with Crippen LogP contribution in [0.3, 0.4) is 0 Å². The van der Waals surface area contributed by atoms with Gasteiger partial charge in [-0.25, -0.2) is 13.2 Å². The van der Waals surface area contributed by atoms with Gasteiger partial charge in [-0.3, -0.25) is 4.72 Å². The molecule has 112 valence electrons. The van der Waals surface area contributed by atoms with E-state index in [1.54, 1.807) is 6.07 Å². The van der Waals surface area contributed by atoms with E-state index in [4.69, 9.17) is 9.84 Å². The molecule has 0 atom stereocenters. The number of hydrogen-bond acceptors (Lipinski definition) is 6. The molecule has 21 heavy (non-hydrogen) atoms. The number of sulfonamides is 1. The Kier molecular flexibility index (Phi) is 4.14. The van der Waals surface area contributed by atoms with Crippen LogP contribution in [-0.4, -0.2) is 31.0 Å². The van der Waals surface area contributed by atoms with Crippen LogP contribution in [0.1, 0.15) is 16.1 Å². The van der Waals surface area contributed by atoms with Gasteiger partial charge in [0, 0.05) is 6.07 Å². The lowest BCUT2D eigenvalue weighted by atomic mass is 10.2. The van der Waals surface area contributed by atoms with Gasteiger partial charge in [-0.2, -0.15) is 4.37 Å². The third-order valence-electron chi connectivity index (χ3n) is 2.66. The van der Waals surface area contributed by atoms with Crippen LogP contribution in [0.5, 0.6) is 5.75 Å². The molecular formula is C12H12N2O5S2. The van der Waals surface area contributed by atoms with Gasteiger partial charge in [0.1, 0.15) is 16.3 Å². The summed E-state index contributed by atoms with van der Waals surface area (Å²) in [4.78, 5) is 11.1. The SMILES string of the molecule is COc1cccc(S(=O)(=O)Nc2snc(C)c2C(=O)O)c1. The highest BCUT2D eigenvalue weighted by atomic mass is 32.2. The smallest absolute Gasteiger partial charge is 0.340 e. The molecule has 0 radical (unpaired) electrons. The molecule has 0 aliphatic heterocycles. The number of carboxylic acids is 1. The fourth-order valence-corrected chi connectivity index (χ4v) is 3.76. The zero-order chi connectivity index (χ0) is 15.6. The van der Waals surface area contributed by atoms with Gasteiger partial charge in [0.2, 0.25) is 0 Å². The van der Waals surface area contributed by atoms with Crippen molar-refractivity contribution in [2.45, 2.75) is 11.8 Å². The lowest BCUT2D eigenvalue weighted by Crippen LogP contribution is -2.14. The fraction of sp³-hybridized carbons (Fsp3) is 0.167. The number of aryl methyl sites for hydroxylation is 1. The van der Waals surface area contributed by atoms with Crippen LogP contribution in [0.2, 0.25) is 0 Å². The zero-order valence-corrected chi connectivity index (χ0v) is 12.8. The third kappa shape index (κ3) is 3.14. The number of carboxylic acid groups (broad SMARTS) is 1. The highest BCUT2D eigenvalue weighted by Gasteiger charge is 2.23. The second kappa shape index (κ2) is 5.70. The maximum absolute atomic E-state index is 12.3. The number of aromatic nitrogens is 1. The van der Waals surface area contributed by atoms with Crippen molar-refractivity contribution in [2.24, 2.45) is 0 Å². The molecule has 1 aromatic carbocycles. The van der Waals surface area contributed by atoms with Crippen LogP contribution in [0, 0.1) is 6.92 Å². The Bertz CT molecular complexity index is 783. The van der Waals surface area contributed by atoms with E-state index in [1.165, 1.54) is 32.2 Å². The van der Waals surface area contributed by atoms with E-state index in [0.717, 1.165) is 11.5 Å². The van der Waals surface area contributed by atoms with E-state index in [0.29, 0.717) is 5.75 Å². The van der Waals surface area contributed by atoms with Gasteiger partial charge in [0.15, 0.2) is 0 Å². The summed E-state index contributed by atoms with van der Waals surface area (Å²) in [5.74, 6) is -0.846. The van der Waals surface area contributed by atoms with Gasteiger partial charge in [0.25, 0.3) is 10.0 Å². The molecule has 2 N–H and O–H groups in total. The molecule has 0 bridgehead atoms. The Balaban J connectivity index is 2.40. The third-order valence-corrected chi connectivity index (χ3v) is 4.99. The number of nitrogens with one attached hydrogen (secondary N) is 1. The summed E-state index contributed by atoms with van der Waals surface area (Å²) in [6.45, 7) is 1.50. The van der Waals surface area contributed by atoms with Crippen molar-refractivity contribution < 1.29 is 23.1 Å². The lowest BCUT2D eigenvalue weighted by molar-refractivity contribution is 0.0697. The summed E-state index contributed by atoms with van der Waals surface area (Å²) in [7, 11) is -2.49. The topological polar surface area (TPSA) is 106 Å². The van der Waals surface area contributed by atoms with E-state index in [-0.39, 0.29) is 21.2 Å². The van der Waals surface area contributed by atoms with Crippen molar-refractivity contribution in [3.8, 4) is 5.75 Å². The average Bonchev–Trinajstić information content (AvgIpc) is 2.79. The maximum Gasteiger partial charge on any atom is 0.340 e. The van der Waals surface area contributed by atoms with Crippen molar-refractivity contribution in [1.29, 1.82) is 0 Å². The summed E-state index contributed by atoms with van der Waals surface area (Å²) < 4.78 is 35.6. The van der Waals surface area contributed by atoms with E-state index >= 15 is 0 Å². The van der Waals surface area contributed by atoms with Crippen LogP contribution >= 0.6 is 11.5 Å². The Morgan fingerprint density at radius 2 is 2.14 bits per heavy atom. The average molecular weight is 328 g/mol. The van der Waals surface area contributed by atoms with Crippen molar-refractivity contribution >= 4 is 32.5 Å².